The van der Waals surface area contributed by atoms with E-state index in [2.05, 4.69) is 5.32 Å². The molecule has 2 aromatic carbocycles. The maximum atomic E-state index is 12.6. The summed E-state index contributed by atoms with van der Waals surface area (Å²) < 4.78 is 16.5. The smallest absolute Gasteiger partial charge is 0.261 e. The lowest BCUT2D eigenvalue weighted by Crippen LogP contribution is -2.39. The van der Waals surface area contributed by atoms with Crippen LogP contribution in [0.5, 0.6) is 17.2 Å². The second-order valence-electron chi connectivity index (χ2n) is 5.67. The molecular weight excluding hydrogens is 318 g/mol. The van der Waals surface area contributed by atoms with Crippen molar-refractivity contribution in [3.05, 3.63) is 54.1 Å². The summed E-state index contributed by atoms with van der Waals surface area (Å²) in [7, 11) is 3.21. The molecule has 0 saturated carbocycles. The predicted octanol–water partition coefficient (Wildman–Crippen LogP) is 3.74. The van der Waals surface area contributed by atoms with Gasteiger partial charge in [0.2, 0.25) is 0 Å². The van der Waals surface area contributed by atoms with Gasteiger partial charge in [-0.2, -0.15) is 0 Å². The Balaban J connectivity index is 2.10. The molecule has 0 aromatic heterocycles. The second-order valence-corrected chi connectivity index (χ2v) is 5.67. The van der Waals surface area contributed by atoms with Gasteiger partial charge in [-0.15, -0.1) is 0 Å². The highest BCUT2D eigenvalue weighted by atomic mass is 16.5. The van der Waals surface area contributed by atoms with Gasteiger partial charge in [-0.25, -0.2) is 0 Å². The van der Waals surface area contributed by atoms with Gasteiger partial charge in [-0.05, 0) is 43.7 Å². The van der Waals surface area contributed by atoms with E-state index in [1.807, 2.05) is 62.4 Å². The predicted molar refractivity (Wildman–Crippen MR) is 97.3 cm³/mol. The average molecular weight is 343 g/mol. The van der Waals surface area contributed by atoms with Crippen LogP contribution in [0.2, 0.25) is 0 Å². The summed E-state index contributed by atoms with van der Waals surface area (Å²) in [4.78, 5) is 12.6. The van der Waals surface area contributed by atoms with E-state index < -0.39 is 6.10 Å². The van der Waals surface area contributed by atoms with E-state index in [4.69, 9.17) is 14.2 Å². The maximum Gasteiger partial charge on any atom is 0.261 e. The molecule has 2 aromatic rings. The van der Waals surface area contributed by atoms with Gasteiger partial charge in [0.25, 0.3) is 5.91 Å². The van der Waals surface area contributed by atoms with Crippen LogP contribution in [0.3, 0.4) is 0 Å². The van der Waals surface area contributed by atoms with E-state index in [1.54, 1.807) is 14.2 Å². The summed E-state index contributed by atoms with van der Waals surface area (Å²) in [5.41, 5.74) is 0.852. The number of methoxy groups -OCH3 is 2. The van der Waals surface area contributed by atoms with Gasteiger partial charge < -0.3 is 19.5 Å². The maximum absolute atomic E-state index is 12.6. The number of para-hydroxylation sites is 1. The van der Waals surface area contributed by atoms with Gasteiger partial charge in [-0.1, -0.05) is 25.1 Å². The number of carbonyl (C=O) groups excluding carboxylic acids is 1. The molecule has 2 rings (SSSR count). The van der Waals surface area contributed by atoms with Gasteiger partial charge in [-0.3, -0.25) is 4.79 Å². The van der Waals surface area contributed by atoms with Gasteiger partial charge in [0.1, 0.15) is 17.2 Å². The van der Waals surface area contributed by atoms with Gasteiger partial charge in [0.05, 0.1) is 20.3 Å². The Morgan fingerprint density at radius 2 is 1.76 bits per heavy atom. The number of hydrogen-bond donors (Lipinski definition) is 1. The Morgan fingerprint density at radius 1 is 1.04 bits per heavy atom. The number of rotatable bonds is 8. The molecule has 25 heavy (non-hydrogen) atoms. The van der Waals surface area contributed by atoms with Crippen molar-refractivity contribution in [2.45, 2.75) is 32.4 Å². The number of hydrogen-bond acceptors (Lipinski definition) is 4. The van der Waals surface area contributed by atoms with E-state index in [9.17, 15) is 4.79 Å². The first kappa shape index (κ1) is 18.6. The van der Waals surface area contributed by atoms with Crippen LogP contribution in [0, 0.1) is 0 Å². The van der Waals surface area contributed by atoms with Gasteiger partial charge in [0.15, 0.2) is 6.10 Å². The number of amides is 1. The summed E-state index contributed by atoms with van der Waals surface area (Å²) in [6.45, 7) is 3.83. The van der Waals surface area contributed by atoms with Crippen LogP contribution in [0.15, 0.2) is 48.5 Å². The van der Waals surface area contributed by atoms with Crippen molar-refractivity contribution < 1.29 is 19.0 Å². The molecule has 0 aliphatic rings. The molecule has 0 unspecified atom stereocenters. The van der Waals surface area contributed by atoms with Crippen LogP contribution < -0.4 is 19.5 Å². The Labute approximate surface area is 148 Å². The zero-order valence-corrected chi connectivity index (χ0v) is 15.1. The first-order valence-electron chi connectivity index (χ1n) is 8.33. The molecule has 1 N–H and O–H groups in total. The third-order valence-corrected chi connectivity index (χ3v) is 3.95. The molecule has 2 atom stereocenters. The minimum atomic E-state index is -0.554. The van der Waals surface area contributed by atoms with Crippen LogP contribution >= 0.6 is 0 Å². The summed E-state index contributed by atoms with van der Waals surface area (Å²) in [5.74, 6) is 1.93. The monoisotopic (exact) mass is 343 g/mol. The van der Waals surface area contributed by atoms with Crippen molar-refractivity contribution in [3.8, 4) is 17.2 Å². The summed E-state index contributed by atoms with van der Waals surface area (Å²) in [6.07, 6.45) is 0.0179. The molecule has 134 valence electrons. The standard InChI is InChI=1S/C20H25NO4/c1-5-18(25-15-9-7-6-8-10-15)20(22)21-14(2)17-13-16(23-3)11-12-19(17)24-4/h6-14,18H,5H2,1-4H3,(H,21,22)/t14-,18+/m0/s1. The van der Waals surface area contributed by atoms with Crippen LogP contribution in [0.4, 0.5) is 0 Å². The average Bonchev–Trinajstić information content (AvgIpc) is 2.66. The third-order valence-electron chi connectivity index (χ3n) is 3.95. The zero-order chi connectivity index (χ0) is 18.2. The molecule has 5 nitrogen and oxygen atoms in total. The normalized spacial score (nSPS) is 12.8. The number of ether oxygens (including phenoxy) is 3. The number of benzene rings is 2. The van der Waals surface area contributed by atoms with Crippen LogP contribution in [-0.4, -0.2) is 26.2 Å². The van der Waals surface area contributed by atoms with Crippen molar-refractivity contribution in [1.29, 1.82) is 0 Å². The molecule has 1 amide bonds. The molecule has 0 radical (unpaired) electrons. The lowest BCUT2D eigenvalue weighted by Gasteiger charge is -2.22. The Kier molecular flexibility index (Phi) is 6.69. The van der Waals surface area contributed by atoms with Crippen molar-refractivity contribution in [2.24, 2.45) is 0 Å². The Bertz CT molecular complexity index is 687. The van der Waals surface area contributed by atoms with E-state index >= 15 is 0 Å². The zero-order valence-electron chi connectivity index (χ0n) is 15.1. The van der Waals surface area contributed by atoms with Crippen molar-refractivity contribution in [1.82, 2.24) is 5.32 Å². The van der Waals surface area contributed by atoms with Crippen molar-refractivity contribution in [3.63, 3.8) is 0 Å². The van der Waals surface area contributed by atoms with Crippen LogP contribution in [0.25, 0.3) is 0 Å². The topological polar surface area (TPSA) is 56.8 Å². The molecule has 0 bridgehead atoms. The van der Waals surface area contributed by atoms with Crippen molar-refractivity contribution >= 4 is 5.91 Å². The molecule has 5 heteroatoms. The Hall–Kier alpha value is -2.69. The highest BCUT2D eigenvalue weighted by Gasteiger charge is 2.22. The van der Waals surface area contributed by atoms with Crippen molar-refractivity contribution in [2.75, 3.05) is 14.2 Å². The van der Waals surface area contributed by atoms with Crippen LogP contribution in [-0.2, 0) is 4.79 Å². The summed E-state index contributed by atoms with van der Waals surface area (Å²) in [6, 6.07) is 14.6. The lowest BCUT2D eigenvalue weighted by molar-refractivity contribution is -0.128. The molecule has 0 heterocycles. The fourth-order valence-corrected chi connectivity index (χ4v) is 2.55. The van der Waals surface area contributed by atoms with E-state index in [1.165, 1.54) is 0 Å². The Morgan fingerprint density at radius 3 is 2.36 bits per heavy atom. The van der Waals surface area contributed by atoms with E-state index in [0.717, 1.165) is 5.56 Å². The molecular formula is C20H25NO4. The molecule has 0 aliphatic heterocycles. The lowest BCUT2D eigenvalue weighted by atomic mass is 10.1. The quantitative estimate of drug-likeness (QED) is 0.793. The first-order valence-corrected chi connectivity index (χ1v) is 8.33. The summed E-state index contributed by atoms with van der Waals surface area (Å²) in [5, 5.41) is 2.99. The van der Waals surface area contributed by atoms with Gasteiger partial charge >= 0.3 is 0 Å². The molecule has 0 spiro atoms. The largest absolute Gasteiger partial charge is 0.497 e. The van der Waals surface area contributed by atoms with E-state index in [-0.39, 0.29) is 11.9 Å². The minimum Gasteiger partial charge on any atom is -0.497 e. The molecule has 0 saturated heterocycles. The minimum absolute atomic E-state index is 0.163. The number of carbonyl (C=O) groups is 1. The molecule has 0 fully saturated rings. The molecule has 0 aliphatic carbocycles. The number of nitrogens with one attached hydrogen (secondary N) is 1. The highest BCUT2D eigenvalue weighted by Crippen LogP contribution is 2.29. The second kappa shape index (κ2) is 8.97. The fourth-order valence-electron chi connectivity index (χ4n) is 2.55. The first-order chi connectivity index (χ1) is 12.1. The fraction of sp³-hybridized carbons (Fsp3) is 0.350. The third kappa shape index (κ3) is 4.89. The van der Waals surface area contributed by atoms with E-state index in [0.29, 0.717) is 23.7 Å². The SMILES string of the molecule is CC[C@@H](Oc1ccccc1)C(=O)N[C@@H](C)c1cc(OC)ccc1OC. The van der Waals surface area contributed by atoms with Gasteiger partial charge in [0, 0.05) is 5.56 Å². The summed E-state index contributed by atoms with van der Waals surface area (Å²) >= 11 is 0. The highest BCUT2D eigenvalue weighted by molar-refractivity contribution is 5.81. The van der Waals surface area contributed by atoms with Crippen LogP contribution in [0.1, 0.15) is 31.9 Å².